The average Bonchev–Trinajstić information content (AvgIpc) is 2.31. The molecule has 0 aromatic rings. The number of methoxy groups -OCH3 is 1. The summed E-state index contributed by atoms with van der Waals surface area (Å²) in [4.78, 5) is 11.2. The molecule has 0 N–H and O–H groups in total. The molecule has 16 heavy (non-hydrogen) atoms. The lowest BCUT2D eigenvalue weighted by Gasteiger charge is -2.28. The molecule has 0 aliphatic heterocycles. The van der Waals surface area contributed by atoms with Crippen molar-refractivity contribution in [2.75, 3.05) is 20.3 Å². The first-order chi connectivity index (χ1) is 7.58. The van der Waals surface area contributed by atoms with Gasteiger partial charge in [0.25, 0.3) is 0 Å². The molecule has 0 aromatic heterocycles. The number of ketones is 1. The third-order valence-corrected chi connectivity index (χ3v) is 2.66. The van der Waals surface area contributed by atoms with Gasteiger partial charge in [0.05, 0.1) is 12.9 Å². The van der Waals surface area contributed by atoms with E-state index in [2.05, 4.69) is 20.1 Å². The van der Waals surface area contributed by atoms with Crippen LogP contribution in [0.5, 0.6) is 0 Å². The molecule has 0 radical (unpaired) electrons. The predicted octanol–water partition coefficient (Wildman–Crippen LogP) is 2.72. The summed E-state index contributed by atoms with van der Waals surface area (Å²) in [7, 11) is 1.67. The highest BCUT2D eigenvalue weighted by Crippen LogP contribution is 2.28. The van der Waals surface area contributed by atoms with Crippen molar-refractivity contribution in [1.29, 1.82) is 0 Å². The van der Waals surface area contributed by atoms with E-state index >= 15 is 0 Å². The Morgan fingerprint density at radius 2 is 2.06 bits per heavy atom. The molecule has 0 rings (SSSR count). The minimum atomic E-state index is -0.0527. The summed E-state index contributed by atoms with van der Waals surface area (Å²) in [6.07, 6.45) is 4.94. The Morgan fingerprint density at radius 1 is 1.38 bits per heavy atom. The van der Waals surface area contributed by atoms with Gasteiger partial charge in [-0.3, -0.25) is 4.79 Å². The molecule has 1 atom stereocenters. The molecule has 0 fully saturated rings. The van der Waals surface area contributed by atoms with E-state index < -0.39 is 0 Å². The fourth-order valence-electron chi connectivity index (χ4n) is 1.40. The summed E-state index contributed by atoms with van der Waals surface area (Å²) in [5, 5.41) is 0. The van der Waals surface area contributed by atoms with E-state index in [0.717, 1.165) is 12.8 Å². The number of hydrogen-bond donors (Lipinski definition) is 0. The van der Waals surface area contributed by atoms with Gasteiger partial charge < -0.3 is 9.47 Å². The molecule has 0 saturated heterocycles. The molecule has 0 spiro atoms. The molecule has 0 bridgehead atoms. The average molecular weight is 226 g/mol. The molecule has 3 heteroatoms. The summed E-state index contributed by atoms with van der Waals surface area (Å²) in [5.41, 5.74) is -0.0527. The van der Waals surface area contributed by atoms with Crippen LogP contribution < -0.4 is 0 Å². The van der Waals surface area contributed by atoms with Gasteiger partial charge in [0.2, 0.25) is 0 Å². The van der Waals surface area contributed by atoms with Gasteiger partial charge in [-0.25, -0.2) is 0 Å². The molecule has 0 amide bonds. The molecular formula is C13H22O3. The molecule has 0 aromatic carbocycles. The zero-order valence-electron chi connectivity index (χ0n) is 10.3. The van der Waals surface area contributed by atoms with Crippen LogP contribution in [0, 0.1) is 5.41 Å². The maximum atomic E-state index is 11.2. The fourth-order valence-corrected chi connectivity index (χ4v) is 1.40. The van der Waals surface area contributed by atoms with Gasteiger partial charge in [0.15, 0.2) is 5.78 Å². The van der Waals surface area contributed by atoms with Crippen LogP contribution in [0.15, 0.2) is 25.5 Å². The molecule has 92 valence electrons. The minimum Gasteiger partial charge on any atom is -0.501 e. The van der Waals surface area contributed by atoms with Crippen molar-refractivity contribution < 1.29 is 14.3 Å². The number of allylic oxidation sites excluding steroid dienone is 1. The number of rotatable bonds is 10. The van der Waals surface area contributed by atoms with E-state index in [1.165, 1.54) is 12.3 Å². The molecule has 0 heterocycles. The van der Waals surface area contributed by atoms with Crippen LogP contribution in [-0.4, -0.2) is 26.1 Å². The SMILES string of the molecule is C=COCC(C)(CCOC)CCC(=O)C=C. The summed E-state index contributed by atoms with van der Waals surface area (Å²) < 4.78 is 10.3. The number of hydrogen-bond acceptors (Lipinski definition) is 3. The third-order valence-electron chi connectivity index (χ3n) is 2.66. The Kier molecular flexibility index (Phi) is 7.56. The lowest BCUT2D eigenvalue weighted by molar-refractivity contribution is -0.115. The van der Waals surface area contributed by atoms with E-state index in [4.69, 9.17) is 9.47 Å². The van der Waals surface area contributed by atoms with Crippen LogP contribution in [0.2, 0.25) is 0 Å². The van der Waals surface area contributed by atoms with Crippen LogP contribution in [-0.2, 0) is 14.3 Å². The topological polar surface area (TPSA) is 35.5 Å². The summed E-state index contributed by atoms with van der Waals surface area (Å²) in [6.45, 7) is 10.3. The molecular weight excluding hydrogens is 204 g/mol. The van der Waals surface area contributed by atoms with E-state index in [-0.39, 0.29) is 11.2 Å². The predicted molar refractivity (Wildman–Crippen MR) is 65.2 cm³/mol. The Bertz CT molecular complexity index is 235. The van der Waals surface area contributed by atoms with Gasteiger partial charge in [0.1, 0.15) is 0 Å². The summed E-state index contributed by atoms with van der Waals surface area (Å²) in [6, 6.07) is 0. The second-order valence-corrected chi connectivity index (χ2v) is 4.20. The van der Waals surface area contributed by atoms with E-state index in [1.54, 1.807) is 7.11 Å². The lowest BCUT2D eigenvalue weighted by atomic mass is 9.82. The zero-order valence-corrected chi connectivity index (χ0v) is 10.3. The first kappa shape index (κ1) is 14.9. The summed E-state index contributed by atoms with van der Waals surface area (Å²) in [5.74, 6) is 0.0715. The quantitative estimate of drug-likeness (QED) is 0.424. The minimum absolute atomic E-state index is 0.0527. The molecule has 0 saturated carbocycles. The fraction of sp³-hybridized carbons (Fsp3) is 0.615. The number of carbonyl (C=O) groups excluding carboxylic acids is 1. The van der Waals surface area contributed by atoms with Crippen LogP contribution in [0.3, 0.4) is 0 Å². The van der Waals surface area contributed by atoms with Gasteiger partial charge in [-0.1, -0.05) is 20.1 Å². The Balaban J connectivity index is 4.21. The standard InChI is InChI=1S/C13H22O3/c1-5-12(14)7-8-13(3,9-10-15-4)11-16-6-2/h5-6H,1-2,7-11H2,3-4H3. The van der Waals surface area contributed by atoms with Gasteiger partial charge >= 0.3 is 0 Å². The Morgan fingerprint density at radius 3 is 2.56 bits per heavy atom. The summed E-state index contributed by atoms with van der Waals surface area (Å²) >= 11 is 0. The highest BCUT2D eigenvalue weighted by molar-refractivity contribution is 5.88. The van der Waals surface area contributed by atoms with Crippen LogP contribution >= 0.6 is 0 Å². The Labute approximate surface area is 98.1 Å². The van der Waals surface area contributed by atoms with Gasteiger partial charge in [-0.2, -0.15) is 0 Å². The van der Waals surface area contributed by atoms with Gasteiger partial charge in [-0.05, 0) is 18.9 Å². The first-order valence-electron chi connectivity index (χ1n) is 5.44. The maximum absolute atomic E-state index is 11.2. The first-order valence-corrected chi connectivity index (χ1v) is 5.44. The van der Waals surface area contributed by atoms with Crippen molar-refractivity contribution in [2.24, 2.45) is 5.41 Å². The lowest BCUT2D eigenvalue weighted by Crippen LogP contribution is -2.25. The van der Waals surface area contributed by atoms with Crippen molar-refractivity contribution in [1.82, 2.24) is 0 Å². The largest absolute Gasteiger partial charge is 0.501 e. The normalized spacial score (nSPS) is 13.9. The molecule has 3 nitrogen and oxygen atoms in total. The maximum Gasteiger partial charge on any atom is 0.155 e. The van der Waals surface area contributed by atoms with Crippen molar-refractivity contribution in [3.63, 3.8) is 0 Å². The van der Waals surface area contributed by atoms with Crippen molar-refractivity contribution in [3.05, 3.63) is 25.5 Å². The van der Waals surface area contributed by atoms with Crippen LogP contribution in [0.4, 0.5) is 0 Å². The second kappa shape index (κ2) is 8.11. The highest BCUT2D eigenvalue weighted by atomic mass is 16.5. The molecule has 1 unspecified atom stereocenters. The zero-order chi connectivity index (χ0) is 12.4. The number of ether oxygens (including phenoxy) is 2. The van der Waals surface area contributed by atoms with Crippen LogP contribution in [0.25, 0.3) is 0 Å². The molecule has 0 aliphatic carbocycles. The van der Waals surface area contributed by atoms with E-state index in [0.29, 0.717) is 19.6 Å². The molecule has 0 aliphatic rings. The van der Waals surface area contributed by atoms with Gasteiger partial charge in [-0.15, -0.1) is 0 Å². The van der Waals surface area contributed by atoms with Crippen molar-refractivity contribution in [3.8, 4) is 0 Å². The third kappa shape index (κ3) is 6.40. The van der Waals surface area contributed by atoms with Crippen molar-refractivity contribution in [2.45, 2.75) is 26.2 Å². The number of carbonyl (C=O) groups is 1. The highest BCUT2D eigenvalue weighted by Gasteiger charge is 2.25. The second-order valence-electron chi connectivity index (χ2n) is 4.20. The van der Waals surface area contributed by atoms with E-state index in [9.17, 15) is 4.79 Å². The smallest absolute Gasteiger partial charge is 0.155 e. The van der Waals surface area contributed by atoms with E-state index in [1.807, 2.05) is 0 Å². The van der Waals surface area contributed by atoms with Crippen molar-refractivity contribution >= 4 is 5.78 Å². The van der Waals surface area contributed by atoms with Gasteiger partial charge in [0, 0.05) is 25.6 Å². The Hall–Kier alpha value is -1.09. The van der Waals surface area contributed by atoms with Crippen LogP contribution in [0.1, 0.15) is 26.2 Å². The monoisotopic (exact) mass is 226 g/mol.